The fraction of sp³-hybridized carbons (Fsp3) is 0.480. The smallest absolute Gasteiger partial charge is 0.317 e. The average molecular weight is 455 g/mol. The third-order valence-corrected chi connectivity index (χ3v) is 7.96. The minimum absolute atomic E-state index is 0.0719. The maximum Gasteiger partial charge on any atom is 0.317 e. The Kier molecular flexibility index (Phi) is 6.40. The van der Waals surface area contributed by atoms with Gasteiger partial charge in [-0.3, -0.25) is 9.80 Å². The quantitative estimate of drug-likeness (QED) is 0.675. The minimum atomic E-state index is -0.177. The number of benzene rings is 2. The lowest BCUT2D eigenvalue weighted by Crippen LogP contribution is -2.49. The molecule has 2 atom stereocenters. The summed E-state index contributed by atoms with van der Waals surface area (Å²) < 4.78 is 13.5. The standard InChI is InChI=1S/C25H31FN4OS/c1-32-20-6-7-21-23(16-20)22(18-2-4-19(26)5-3-18)17-24(21)29-13-10-28(11-14-29)12-15-30-9-8-27-25(30)31/h2-7,16,22,24H,8-15,17H2,1H3,(H,27,31)/t22-,24+/m0/s1. The first-order valence-corrected chi connectivity index (χ1v) is 12.8. The molecule has 0 bridgehead atoms. The number of hydrogen-bond acceptors (Lipinski definition) is 4. The van der Waals surface area contributed by atoms with E-state index in [1.807, 2.05) is 17.0 Å². The van der Waals surface area contributed by atoms with E-state index in [1.54, 1.807) is 23.9 Å². The van der Waals surface area contributed by atoms with E-state index in [9.17, 15) is 9.18 Å². The summed E-state index contributed by atoms with van der Waals surface area (Å²) in [5.41, 5.74) is 4.03. The Morgan fingerprint density at radius 2 is 1.78 bits per heavy atom. The van der Waals surface area contributed by atoms with Gasteiger partial charge in [0.05, 0.1) is 0 Å². The molecule has 1 aliphatic carbocycles. The monoisotopic (exact) mass is 454 g/mol. The number of thioether (sulfide) groups is 1. The molecule has 2 aromatic rings. The highest BCUT2D eigenvalue weighted by molar-refractivity contribution is 7.98. The maximum atomic E-state index is 13.5. The number of hydrogen-bond donors (Lipinski definition) is 1. The Labute approximate surface area is 193 Å². The number of amides is 2. The van der Waals surface area contributed by atoms with Crippen LogP contribution in [0.4, 0.5) is 9.18 Å². The molecule has 2 aliphatic heterocycles. The van der Waals surface area contributed by atoms with Crippen LogP contribution in [0.1, 0.15) is 35.1 Å². The number of rotatable bonds is 6. The SMILES string of the molecule is CSc1ccc2c(c1)[C@H](c1ccc(F)cc1)C[C@H]2N1CCN(CCN2CCNC2=O)CC1. The van der Waals surface area contributed by atoms with Gasteiger partial charge in [0.1, 0.15) is 5.82 Å². The summed E-state index contributed by atoms with van der Waals surface area (Å²) >= 11 is 1.77. The van der Waals surface area contributed by atoms with Gasteiger partial charge < -0.3 is 10.2 Å². The Balaban J connectivity index is 1.27. The van der Waals surface area contributed by atoms with Crippen LogP contribution in [-0.2, 0) is 0 Å². The number of halogens is 1. The van der Waals surface area contributed by atoms with Gasteiger partial charge in [0.25, 0.3) is 0 Å². The van der Waals surface area contributed by atoms with Gasteiger partial charge in [0, 0.05) is 69.2 Å². The molecule has 2 aromatic carbocycles. The normalized spacial score (nSPS) is 24.1. The van der Waals surface area contributed by atoms with Crippen LogP contribution in [0, 0.1) is 5.82 Å². The predicted molar refractivity (Wildman–Crippen MR) is 127 cm³/mol. The van der Waals surface area contributed by atoms with Gasteiger partial charge in [0.15, 0.2) is 0 Å². The number of nitrogens with one attached hydrogen (secondary N) is 1. The molecule has 2 amide bonds. The zero-order chi connectivity index (χ0) is 22.1. The molecule has 2 heterocycles. The highest BCUT2D eigenvalue weighted by Crippen LogP contribution is 2.47. The number of fused-ring (bicyclic) bond motifs is 1. The van der Waals surface area contributed by atoms with Crippen LogP contribution in [0.25, 0.3) is 0 Å². The fourth-order valence-corrected chi connectivity index (χ4v) is 5.85. The van der Waals surface area contributed by atoms with E-state index in [0.29, 0.717) is 12.0 Å². The lowest BCUT2D eigenvalue weighted by atomic mass is 9.93. The van der Waals surface area contributed by atoms with Gasteiger partial charge in [-0.15, -0.1) is 11.8 Å². The zero-order valence-electron chi connectivity index (χ0n) is 18.6. The second kappa shape index (κ2) is 9.41. The van der Waals surface area contributed by atoms with E-state index in [0.717, 1.165) is 58.8 Å². The van der Waals surface area contributed by atoms with Gasteiger partial charge in [-0.1, -0.05) is 18.2 Å². The van der Waals surface area contributed by atoms with E-state index < -0.39 is 0 Å². The third-order valence-electron chi connectivity index (χ3n) is 7.24. The first-order valence-electron chi connectivity index (χ1n) is 11.5. The largest absolute Gasteiger partial charge is 0.336 e. The summed E-state index contributed by atoms with van der Waals surface area (Å²) in [6.07, 6.45) is 3.17. The van der Waals surface area contributed by atoms with Crippen molar-refractivity contribution in [3.05, 3.63) is 65.0 Å². The Hall–Kier alpha value is -2.09. The lowest BCUT2D eigenvalue weighted by molar-refractivity contribution is 0.0905. The maximum absolute atomic E-state index is 13.5. The van der Waals surface area contributed by atoms with Crippen LogP contribution in [0.2, 0.25) is 0 Å². The second-order valence-corrected chi connectivity index (χ2v) is 9.83. The molecule has 5 rings (SSSR count). The molecule has 0 aromatic heterocycles. The van der Waals surface area contributed by atoms with Crippen molar-refractivity contribution in [2.75, 3.05) is 58.6 Å². The molecule has 170 valence electrons. The predicted octanol–water partition coefficient (Wildman–Crippen LogP) is 3.77. The number of piperazine rings is 1. The highest BCUT2D eigenvalue weighted by atomic mass is 32.2. The molecular weight excluding hydrogens is 423 g/mol. The minimum Gasteiger partial charge on any atom is -0.336 e. The summed E-state index contributed by atoms with van der Waals surface area (Å²) in [6.45, 7) is 7.48. The molecule has 1 N–H and O–H groups in total. The Morgan fingerprint density at radius 3 is 2.47 bits per heavy atom. The summed E-state index contributed by atoms with van der Waals surface area (Å²) in [5, 5.41) is 2.88. The molecule has 0 unspecified atom stereocenters. The molecule has 3 aliphatic rings. The first-order chi connectivity index (χ1) is 15.6. The van der Waals surface area contributed by atoms with E-state index in [2.05, 4.69) is 39.6 Å². The number of urea groups is 1. The van der Waals surface area contributed by atoms with Crippen molar-refractivity contribution in [2.45, 2.75) is 23.3 Å². The van der Waals surface area contributed by atoms with Gasteiger partial charge in [-0.2, -0.15) is 0 Å². The number of carbonyl (C=O) groups is 1. The van der Waals surface area contributed by atoms with E-state index >= 15 is 0 Å². The van der Waals surface area contributed by atoms with E-state index in [1.165, 1.54) is 21.6 Å². The van der Waals surface area contributed by atoms with Crippen molar-refractivity contribution in [3.8, 4) is 0 Å². The van der Waals surface area contributed by atoms with Crippen LogP contribution >= 0.6 is 11.8 Å². The Morgan fingerprint density at radius 1 is 1.00 bits per heavy atom. The van der Waals surface area contributed by atoms with Crippen molar-refractivity contribution in [3.63, 3.8) is 0 Å². The summed E-state index contributed by atoms with van der Waals surface area (Å²) in [5.74, 6) is 0.137. The van der Waals surface area contributed by atoms with Crippen molar-refractivity contribution < 1.29 is 9.18 Å². The molecule has 2 saturated heterocycles. The van der Waals surface area contributed by atoms with Crippen LogP contribution in [0.15, 0.2) is 47.4 Å². The van der Waals surface area contributed by atoms with Gasteiger partial charge in [0.2, 0.25) is 0 Å². The van der Waals surface area contributed by atoms with Gasteiger partial charge in [-0.05, 0) is 53.6 Å². The van der Waals surface area contributed by atoms with Crippen LogP contribution in [0.5, 0.6) is 0 Å². The number of nitrogens with zero attached hydrogens (tertiary/aromatic N) is 3. The van der Waals surface area contributed by atoms with Crippen molar-refractivity contribution in [1.29, 1.82) is 0 Å². The molecule has 2 fully saturated rings. The fourth-order valence-electron chi connectivity index (χ4n) is 5.40. The van der Waals surface area contributed by atoms with Gasteiger partial charge in [-0.25, -0.2) is 9.18 Å². The summed E-state index contributed by atoms with van der Waals surface area (Å²) in [6, 6.07) is 14.4. The third kappa shape index (κ3) is 4.38. The van der Waals surface area contributed by atoms with Crippen LogP contribution < -0.4 is 5.32 Å². The second-order valence-electron chi connectivity index (χ2n) is 8.95. The van der Waals surface area contributed by atoms with Gasteiger partial charge >= 0.3 is 6.03 Å². The lowest BCUT2D eigenvalue weighted by Gasteiger charge is -2.39. The summed E-state index contributed by atoms with van der Waals surface area (Å²) in [7, 11) is 0. The van der Waals surface area contributed by atoms with E-state index in [-0.39, 0.29) is 11.8 Å². The Bertz CT molecular complexity index is 961. The summed E-state index contributed by atoms with van der Waals surface area (Å²) in [4.78, 5) is 20.1. The molecule has 7 heteroatoms. The molecule has 32 heavy (non-hydrogen) atoms. The van der Waals surface area contributed by atoms with Crippen molar-refractivity contribution in [1.82, 2.24) is 20.0 Å². The van der Waals surface area contributed by atoms with Crippen LogP contribution in [0.3, 0.4) is 0 Å². The topological polar surface area (TPSA) is 38.8 Å². The van der Waals surface area contributed by atoms with Crippen LogP contribution in [-0.4, -0.2) is 79.3 Å². The molecule has 0 spiro atoms. The average Bonchev–Trinajstić information content (AvgIpc) is 3.41. The van der Waals surface area contributed by atoms with Crippen molar-refractivity contribution in [2.24, 2.45) is 0 Å². The van der Waals surface area contributed by atoms with E-state index in [4.69, 9.17) is 0 Å². The molecule has 0 radical (unpaired) electrons. The molecule has 5 nitrogen and oxygen atoms in total. The zero-order valence-corrected chi connectivity index (χ0v) is 19.4. The first kappa shape index (κ1) is 21.7. The van der Waals surface area contributed by atoms with Crippen molar-refractivity contribution >= 4 is 17.8 Å². The number of carbonyl (C=O) groups excluding carboxylic acids is 1. The molecule has 0 saturated carbocycles. The molecular formula is C25H31FN4OS. The highest BCUT2D eigenvalue weighted by Gasteiger charge is 2.36.